The Hall–Kier alpha value is -1.75. The molecule has 1 aliphatic rings. The highest BCUT2D eigenvalue weighted by Gasteiger charge is 2.18. The summed E-state index contributed by atoms with van der Waals surface area (Å²) in [5.74, 6) is 4.31. The van der Waals surface area contributed by atoms with Crippen LogP contribution in [-0.2, 0) is 14.3 Å². The molecule has 114 valence electrons. The Morgan fingerprint density at radius 1 is 1.38 bits per heavy atom. The maximum absolute atomic E-state index is 12.1. The Bertz CT molecular complexity index is 662. The van der Waals surface area contributed by atoms with Gasteiger partial charge < -0.3 is 9.64 Å². The first-order chi connectivity index (χ1) is 9.97. The van der Waals surface area contributed by atoms with Crippen LogP contribution < -0.4 is 4.74 Å². The smallest absolute Gasteiger partial charge is 0.214 e. The van der Waals surface area contributed by atoms with Crippen LogP contribution in [0.25, 0.3) is 5.70 Å². The molecular formula is C16H21NO3S. The molecule has 1 aromatic rings. The van der Waals surface area contributed by atoms with E-state index < -0.39 is 9.52 Å². The molecule has 4 nitrogen and oxygen atoms in total. The molecule has 0 N–H and O–H groups in total. The van der Waals surface area contributed by atoms with Crippen molar-refractivity contribution in [3.05, 3.63) is 29.8 Å². The van der Waals surface area contributed by atoms with E-state index in [-0.39, 0.29) is 0 Å². The number of hydrogen-bond acceptors (Lipinski definition) is 3. The molecular weight excluding hydrogens is 286 g/mol. The van der Waals surface area contributed by atoms with Crippen molar-refractivity contribution in [3.8, 4) is 5.75 Å². The van der Waals surface area contributed by atoms with Gasteiger partial charge in [-0.3, -0.25) is 9.00 Å². The molecule has 0 bridgehead atoms. The second-order valence-corrected chi connectivity index (χ2v) is 7.73. The van der Waals surface area contributed by atoms with E-state index in [4.69, 9.17) is 4.74 Å². The maximum Gasteiger partial charge on any atom is 0.214 e. The standard InChI is InChI=1S/C16H21NO3S/c1-20-16-11-13(21(2,3)19)8-9-14(16)15-7-5-4-6-10-17(15)12-18/h7-9,11-12H,2,4-6,10H2,1,3H3. The van der Waals surface area contributed by atoms with Gasteiger partial charge in [0.1, 0.15) is 5.75 Å². The van der Waals surface area contributed by atoms with Crippen LogP contribution in [0, 0.1) is 0 Å². The third kappa shape index (κ3) is 3.47. The van der Waals surface area contributed by atoms with Crippen LogP contribution in [0.3, 0.4) is 0 Å². The van der Waals surface area contributed by atoms with Crippen molar-refractivity contribution >= 4 is 27.5 Å². The van der Waals surface area contributed by atoms with Gasteiger partial charge in [0, 0.05) is 23.3 Å². The molecule has 0 fully saturated rings. The van der Waals surface area contributed by atoms with Crippen molar-refractivity contribution in [1.82, 2.24) is 4.90 Å². The lowest BCUT2D eigenvalue weighted by Crippen LogP contribution is -2.20. The van der Waals surface area contributed by atoms with E-state index >= 15 is 0 Å². The lowest BCUT2D eigenvalue weighted by Gasteiger charge is -2.21. The molecule has 1 unspecified atom stereocenters. The Morgan fingerprint density at radius 3 is 2.76 bits per heavy atom. The summed E-state index contributed by atoms with van der Waals surface area (Å²) in [4.78, 5) is 13.7. The number of allylic oxidation sites excluding steroid dienone is 1. The summed E-state index contributed by atoms with van der Waals surface area (Å²) >= 11 is 0. The highest BCUT2D eigenvalue weighted by atomic mass is 32.2. The van der Waals surface area contributed by atoms with E-state index in [0.29, 0.717) is 17.2 Å². The van der Waals surface area contributed by atoms with Gasteiger partial charge >= 0.3 is 0 Å². The first kappa shape index (κ1) is 15.6. The molecule has 0 radical (unpaired) electrons. The van der Waals surface area contributed by atoms with E-state index in [9.17, 15) is 9.00 Å². The van der Waals surface area contributed by atoms with Crippen LogP contribution in [0.15, 0.2) is 29.2 Å². The fourth-order valence-electron chi connectivity index (χ4n) is 2.43. The summed E-state index contributed by atoms with van der Waals surface area (Å²) in [5.41, 5.74) is 1.71. The molecule has 0 aromatic heterocycles. The molecule has 1 aliphatic heterocycles. The topological polar surface area (TPSA) is 46.6 Å². The van der Waals surface area contributed by atoms with E-state index in [2.05, 4.69) is 11.9 Å². The molecule has 0 saturated heterocycles. The number of amides is 1. The SMILES string of the molecule is C=S(C)(=O)c1ccc(C2=CCCCCN2C=O)c(OC)c1. The average molecular weight is 307 g/mol. The van der Waals surface area contributed by atoms with E-state index in [0.717, 1.165) is 36.9 Å². The normalized spacial score (nSPS) is 18.4. The predicted octanol–water partition coefficient (Wildman–Crippen LogP) is 2.38. The zero-order chi connectivity index (χ0) is 15.5. The van der Waals surface area contributed by atoms with E-state index in [1.54, 1.807) is 30.4 Å². The fraction of sp³-hybridized carbons (Fsp3) is 0.375. The van der Waals surface area contributed by atoms with Gasteiger partial charge in [0.25, 0.3) is 0 Å². The molecule has 1 aromatic carbocycles. The average Bonchev–Trinajstić information content (AvgIpc) is 2.70. The second kappa shape index (κ2) is 6.35. The van der Waals surface area contributed by atoms with Crippen molar-refractivity contribution in [2.45, 2.75) is 24.2 Å². The zero-order valence-corrected chi connectivity index (χ0v) is 13.3. The Balaban J connectivity index is 2.52. The van der Waals surface area contributed by atoms with Gasteiger partial charge in [-0.2, -0.15) is 0 Å². The molecule has 1 atom stereocenters. The molecule has 1 heterocycles. The third-order valence-corrected chi connectivity index (χ3v) is 4.83. The first-order valence-corrected chi connectivity index (χ1v) is 9.03. The largest absolute Gasteiger partial charge is 0.496 e. The lowest BCUT2D eigenvalue weighted by atomic mass is 10.1. The summed E-state index contributed by atoms with van der Waals surface area (Å²) in [6.45, 7) is 0.708. The highest BCUT2D eigenvalue weighted by molar-refractivity contribution is 7.99. The summed E-state index contributed by atoms with van der Waals surface area (Å²) < 4.78 is 17.5. The van der Waals surface area contributed by atoms with Gasteiger partial charge in [0.05, 0.1) is 12.8 Å². The molecule has 0 aliphatic carbocycles. The molecule has 2 rings (SSSR count). The summed E-state index contributed by atoms with van der Waals surface area (Å²) in [7, 11) is -0.717. The van der Waals surface area contributed by atoms with Gasteiger partial charge in [-0.1, -0.05) is 6.08 Å². The molecule has 0 saturated carbocycles. The van der Waals surface area contributed by atoms with Crippen molar-refractivity contribution in [3.63, 3.8) is 0 Å². The summed E-state index contributed by atoms with van der Waals surface area (Å²) in [6.07, 6.45) is 7.51. The molecule has 1 amide bonds. The van der Waals surface area contributed by atoms with Crippen molar-refractivity contribution < 1.29 is 13.7 Å². The van der Waals surface area contributed by atoms with Crippen LogP contribution in [0.4, 0.5) is 0 Å². The van der Waals surface area contributed by atoms with Crippen molar-refractivity contribution in [2.75, 3.05) is 19.9 Å². The number of ether oxygens (including phenoxy) is 1. The van der Waals surface area contributed by atoms with E-state index in [1.807, 2.05) is 6.07 Å². The highest BCUT2D eigenvalue weighted by Crippen LogP contribution is 2.32. The Morgan fingerprint density at radius 2 is 2.14 bits per heavy atom. The van der Waals surface area contributed by atoms with Crippen LogP contribution in [-0.4, -0.2) is 41.3 Å². The lowest BCUT2D eigenvalue weighted by molar-refractivity contribution is -0.115. The minimum absolute atomic E-state index is 0.616. The first-order valence-electron chi connectivity index (χ1n) is 6.90. The zero-order valence-electron chi connectivity index (χ0n) is 12.5. The summed E-state index contributed by atoms with van der Waals surface area (Å²) in [5, 5.41) is 0. The number of benzene rings is 1. The number of carbonyl (C=O) groups excluding carboxylic acids is 1. The predicted molar refractivity (Wildman–Crippen MR) is 87.0 cm³/mol. The van der Waals surface area contributed by atoms with Gasteiger partial charge in [-0.05, 0) is 52.9 Å². The molecule has 5 heteroatoms. The van der Waals surface area contributed by atoms with Crippen LogP contribution in [0.1, 0.15) is 24.8 Å². The Kier molecular flexibility index (Phi) is 4.73. The van der Waals surface area contributed by atoms with Gasteiger partial charge in [0.15, 0.2) is 0 Å². The number of methoxy groups -OCH3 is 1. The number of nitrogens with zero attached hydrogens (tertiary/aromatic N) is 1. The number of rotatable bonds is 4. The molecule has 21 heavy (non-hydrogen) atoms. The minimum atomic E-state index is -2.29. The van der Waals surface area contributed by atoms with Crippen LogP contribution >= 0.6 is 0 Å². The van der Waals surface area contributed by atoms with Crippen molar-refractivity contribution in [2.24, 2.45) is 0 Å². The van der Waals surface area contributed by atoms with Crippen LogP contribution in [0.5, 0.6) is 5.75 Å². The summed E-state index contributed by atoms with van der Waals surface area (Å²) in [6, 6.07) is 5.40. The van der Waals surface area contributed by atoms with Gasteiger partial charge in [-0.15, -0.1) is 0 Å². The second-order valence-electron chi connectivity index (χ2n) is 5.25. The van der Waals surface area contributed by atoms with Crippen LogP contribution in [0.2, 0.25) is 0 Å². The van der Waals surface area contributed by atoms with Gasteiger partial charge in [0.2, 0.25) is 6.41 Å². The number of hydrogen-bond donors (Lipinski definition) is 0. The molecule has 0 spiro atoms. The monoisotopic (exact) mass is 307 g/mol. The third-order valence-electron chi connectivity index (χ3n) is 3.58. The van der Waals surface area contributed by atoms with Crippen molar-refractivity contribution in [1.29, 1.82) is 0 Å². The quantitative estimate of drug-likeness (QED) is 0.634. The maximum atomic E-state index is 12.1. The van der Waals surface area contributed by atoms with E-state index in [1.165, 1.54) is 0 Å². The number of carbonyl (C=O) groups is 1. The fourth-order valence-corrected chi connectivity index (χ4v) is 3.14. The minimum Gasteiger partial charge on any atom is -0.496 e. The van der Waals surface area contributed by atoms with Gasteiger partial charge in [-0.25, -0.2) is 0 Å². The Labute approximate surface area is 126 Å².